The smallest absolute Gasteiger partial charge is 0.0623 e. The lowest BCUT2D eigenvalue weighted by Gasteiger charge is -2.19. The zero-order valence-corrected chi connectivity index (χ0v) is 10.2. The molecule has 1 aliphatic heterocycles. The fourth-order valence-corrected chi connectivity index (χ4v) is 1.94. The fourth-order valence-electron chi connectivity index (χ4n) is 1.94. The second kappa shape index (κ2) is 8.08. The summed E-state index contributed by atoms with van der Waals surface area (Å²) in [6.07, 6.45) is 3.75. The van der Waals surface area contributed by atoms with E-state index in [1.807, 2.05) is 0 Å². The molecule has 2 N–H and O–H groups in total. The van der Waals surface area contributed by atoms with Gasteiger partial charge in [-0.05, 0) is 25.9 Å². The van der Waals surface area contributed by atoms with Crippen LogP contribution in [0, 0.1) is 5.92 Å². The lowest BCUT2D eigenvalue weighted by Crippen LogP contribution is -2.40. The SMILES string of the molecule is CCCCNCC1COCC1NCCC. The maximum atomic E-state index is 5.52. The van der Waals surface area contributed by atoms with Crippen LogP contribution in [0.25, 0.3) is 0 Å². The van der Waals surface area contributed by atoms with Crippen molar-refractivity contribution in [1.29, 1.82) is 0 Å². The van der Waals surface area contributed by atoms with Crippen LogP contribution in [0.2, 0.25) is 0 Å². The Labute approximate surface area is 94.0 Å². The fraction of sp³-hybridized carbons (Fsp3) is 1.00. The van der Waals surface area contributed by atoms with E-state index >= 15 is 0 Å². The maximum Gasteiger partial charge on any atom is 0.0623 e. The van der Waals surface area contributed by atoms with Gasteiger partial charge in [-0.25, -0.2) is 0 Å². The molecule has 0 aromatic rings. The third-order valence-corrected chi connectivity index (χ3v) is 2.97. The van der Waals surface area contributed by atoms with Crippen LogP contribution in [0.15, 0.2) is 0 Å². The molecule has 90 valence electrons. The quantitative estimate of drug-likeness (QED) is 0.599. The summed E-state index contributed by atoms with van der Waals surface area (Å²) in [5.41, 5.74) is 0. The van der Waals surface area contributed by atoms with Crippen molar-refractivity contribution in [3.8, 4) is 0 Å². The van der Waals surface area contributed by atoms with Crippen LogP contribution in [-0.2, 0) is 4.74 Å². The third kappa shape index (κ3) is 4.96. The normalized spacial score (nSPS) is 26.0. The van der Waals surface area contributed by atoms with Gasteiger partial charge in [-0.3, -0.25) is 0 Å². The predicted octanol–water partition coefficient (Wildman–Crippen LogP) is 1.39. The molecule has 0 aliphatic carbocycles. The molecule has 2 unspecified atom stereocenters. The Morgan fingerprint density at radius 1 is 1.13 bits per heavy atom. The molecule has 1 rings (SSSR count). The van der Waals surface area contributed by atoms with Crippen molar-refractivity contribution in [2.45, 2.75) is 39.2 Å². The van der Waals surface area contributed by atoms with Gasteiger partial charge in [-0.1, -0.05) is 20.3 Å². The van der Waals surface area contributed by atoms with E-state index in [2.05, 4.69) is 24.5 Å². The summed E-state index contributed by atoms with van der Waals surface area (Å²) in [6.45, 7) is 9.60. The highest BCUT2D eigenvalue weighted by atomic mass is 16.5. The summed E-state index contributed by atoms with van der Waals surface area (Å²) in [5, 5.41) is 7.07. The summed E-state index contributed by atoms with van der Waals surface area (Å²) in [4.78, 5) is 0. The van der Waals surface area contributed by atoms with Gasteiger partial charge in [0.1, 0.15) is 0 Å². The first-order chi connectivity index (χ1) is 7.38. The van der Waals surface area contributed by atoms with E-state index in [-0.39, 0.29) is 0 Å². The molecule has 2 atom stereocenters. The van der Waals surface area contributed by atoms with Gasteiger partial charge in [0.25, 0.3) is 0 Å². The molecule has 15 heavy (non-hydrogen) atoms. The Morgan fingerprint density at radius 3 is 2.73 bits per heavy atom. The van der Waals surface area contributed by atoms with Gasteiger partial charge in [0.15, 0.2) is 0 Å². The van der Waals surface area contributed by atoms with Gasteiger partial charge in [-0.15, -0.1) is 0 Å². The first kappa shape index (κ1) is 12.9. The Morgan fingerprint density at radius 2 is 2.00 bits per heavy atom. The number of nitrogens with one attached hydrogen (secondary N) is 2. The van der Waals surface area contributed by atoms with Crippen LogP contribution in [0.5, 0.6) is 0 Å². The van der Waals surface area contributed by atoms with E-state index in [9.17, 15) is 0 Å². The minimum absolute atomic E-state index is 0.569. The van der Waals surface area contributed by atoms with Gasteiger partial charge >= 0.3 is 0 Å². The van der Waals surface area contributed by atoms with Crippen LogP contribution in [0.4, 0.5) is 0 Å². The van der Waals surface area contributed by atoms with Crippen LogP contribution in [-0.4, -0.2) is 38.9 Å². The van der Waals surface area contributed by atoms with Gasteiger partial charge in [0.05, 0.1) is 13.2 Å². The second-order valence-corrected chi connectivity index (χ2v) is 4.42. The molecule has 1 heterocycles. The van der Waals surface area contributed by atoms with Crippen LogP contribution >= 0.6 is 0 Å². The highest BCUT2D eigenvalue weighted by molar-refractivity contribution is 4.82. The first-order valence-electron chi connectivity index (χ1n) is 6.40. The molecule has 0 aromatic carbocycles. The Kier molecular flexibility index (Phi) is 6.98. The zero-order valence-electron chi connectivity index (χ0n) is 10.2. The predicted molar refractivity (Wildman–Crippen MR) is 64.2 cm³/mol. The van der Waals surface area contributed by atoms with E-state index in [0.29, 0.717) is 12.0 Å². The number of unbranched alkanes of at least 4 members (excludes halogenated alkanes) is 1. The van der Waals surface area contributed by atoms with E-state index in [1.54, 1.807) is 0 Å². The second-order valence-electron chi connectivity index (χ2n) is 4.42. The Balaban J connectivity index is 2.09. The van der Waals surface area contributed by atoms with Crippen molar-refractivity contribution in [3.63, 3.8) is 0 Å². The molecular formula is C12H26N2O. The van der Waals surface area contributed by atoms with Crippen LogP contribution in [0.3, 0.4) is 0 Å². The lowest BCUT2D eigenvalue weighted by atomic mass is 10.0. The summed E-state index contributed by atoms with van der Waals surface area (Å²) in [6, 6.07) is 0.569. The molecule has 0 amide bonds. The number of hydrogen-bond donors (Lipinski definition) is 2. The molecule has 0 saturated carbocycles. The zero-order chi connectivity index (χ0) is 10.9. The standard InChI is InChI=1S/C12H26N2O/c1-3-5-7-13-8-11-9-15-10-12(11)14-6-4-2/h11-14H,3-10H2,1-2H3. The highest BCUT2D eigenvalue weighted by Crippen LogP contribution is 2.12. The topological polar surface area (TPSA) is 33.3 Å². The number of ether oxygens (including phenoxy) is 1. The minimum Gasteiger partial charge on any atom is -0.379 e. The summed E-state index contributed by atoms with van der Waals surface area (Å²) in [7, 11) is 0. The van der Waals surface area contributed by atoms with Gasteiger partial charge in [0, 0.05) is 18.5 Å². The lowest BCUT2D eigenvalue weighted by molar-refractivity contribution is 0.182. The molecule has 0 radical (unpaired) electrons. The highest BCUT2D eigenvalue weighted by Gasteiger charge is 2.26. The van der Waals surface area contributed by atoms with Gasteiger partial charge in [-0.2, -0.15) is 0 Å². The number of hydrogen-bond acceptors (Lipinski definition) is 3. The van der Waals surface area contributed by atoms with Crippen molar-refractivity contribution in [3.05, 3.63) is 0 Å². The molecular weight excluding hydrogens is 188 g/mol. The largest absolute Gasteiger partial charge is 0.379 e. The molecule has 0 spiro atoms. The van der Waals surface area contributed by atoms with E-state index in [4.69, 9.17) is 4.74 Å². The average molecular weight is 214 g/mol. The molecule has 0 aromatic heterocycles. The molecule has 0 bridgehead atoms. The van der Waals surface area contributed by atoms with Crippen molar-refractivity contribution < 1.29 is 4.74 Å². The molecule has 1 fully saturated rings. The van der Waals surface area contributed by atoms with Crippen molar-refractivity contribution >= 4 is 0 Å². The van der Waals surface area contributed by atoms with Gasteiger partial charge < -0.3 is 15.4 Å². The average Bonchev–Trinajstić information content (AvgIpc) is 2.69. The van der Waals surface area contributed by atoms with Crippen molar-refractivity contribution in [2.24, 2.45) is 5.92 Å². The van der Waals surface area contributed by atoms with Crippen molar-refractivity contribution in [1.82, 2.24) is 10.6 Å². The van der Waals surface area contributed by atoms with Crippen molar-refractivity contribution in [2.75, 3.05) is 32.8 Å². The Hall–Kier alpha value is -0.120. The molecule has 3 nitrogen and oxygen atoms in total. The summed E-state index contributed by atoms with van der Waals surface area (Å²) < 4.78 is 5.52. The van der Waals surface area contributed by atoms with E-state index in [1.165, 1.54) is 19.3 Å². The molecule has 1 aliphatic rings. The monoisotopic (exact) mass is 214 g/mol. The molecule has 3 heteroatoms. The Bertz CT molecular complexity index is 153. The summed E-state index contributed by atoms with van der Waals surface area (Å²) in [5.74, 6) is 0.661. The molecule has 1 saturated heterocycles. The van der Waals surface area contributed by atoms with E-state index in [0.717, 1.165) is 32.8 Å². The minimum atomic E-state index is 0.569. The van der Waals surface area contributed by atoms with Crippen LogP contribution in [0.1, 0.15) is 33.1 Å². The summed E-state index contributed by atoms with van der Waals surface area (Å²) >= 11 is 0. The maximum absolute atomic E-state index is 5.52. The van der Waals surface area contributed by atoms with Crippen LogP contribution < -0.4 is 10.6 Å². The first-order valence-corrected chi connectivity index (χ1v) is 6.40. The van der Waals surface area contributed by atoms with Gasteiger partial charge in [0.2, 0.25) is 0 Å². The van der Waals surface area contributed by atoms with E-state index < -0.39 is 0 Å². The third-order valence-electron chi connectivity index (χ3n) is 2.97. The number of rotatable bonds is 8.